The zero-order chi connectivity index (χ0) is 41.1. The van der Waals surface area contributed by atoms with E-state index < -0.39 is 73.8 Å². The van der Waals surface area contributed by atoms with Gasteiger partial charge >= 0.3 is 6.09 Å². The van der Waals surface area contributed by atoms with Crippen molar-refractivity contribution in [1.29, 1.82) is 0 Å². The molecule has 3 N–H and O–H groups in total. The van der Waals surface area contributed by atoms with Gasteiger partial charge in [0.05, 0.1) is 17.9 Å². The molecule has 1 saturated heterocycles. The minimum Gasteiger partial charge on any atom is -0.477 e. The summed E-state index contributed by atoms with van der Waals surface area (Å²) in [6, 6.07) is 5.43. The number of sulfonamides is 1. The summed E-state index contributed by atoms with van der Waals surface area (Å²) in [4.78, 5) is 64.6. The van der Waals surface area contributed by atoms with Crippen LogP contribution in [0.1, 0.15) is 105 Å². The molecule has 2 aromatic rings. The maximum atomic E-state index is 15.3. The van der Waals surface area contributed by atoms with Gasteiger partial charge in [-0.15, -0.1) is 0 Å². The topological polar surface area (TPSA) is 185 Å². The number of carbonyl (C=O) groups excluding carboxylic acids is 3. The van der Waals surface area contributed by atoms with Crippen molar-refractivity contribution in [2.24, 2.45) is 17.8 Å². The van der Waals surface area contributed by atoms with Crippen molar-refractivity contribution in [3.63, 3.8) is 0 Å². The number of aromatic nitrogens is 1. The quantitative estimate of drug-likeness (QED) is 0.309. The Labute approximate surface area is 335 Å². The van der Waals surface area contributed by atoms with Gasteiger partial charge in [0.15, 0.2) is 0 Å². The molecule has 0 bridgehead atoms. The van der Waals surface area contributed by atoms with E-state index in [1.54, 1.807) is 27.7 Å². The fourth-order valence-electron chi connectivity index (χ4n) is 9.05. The van der Waals surface area contributed by atoms with E-state index in [0.717, 1.165) is 35.6 Å². The number of aryl methyl sites for hydroxylation is 1. The van der Waals surface area contributed by atoms with Crippen LogP contribution in [0.15, 0.2) is 36.4 Å². The van der Waals surface area contributed by atoms with Gasteiger partial charge in [-0.1, -0.05) is 50.6 Å². The summed E-state index contributed by atoms with van der Waals surface area (Å²) in [5, 5.41) is 15.4. The van der Waals surface area contributed by atoms with Crippen molar-refractivity contribution in [2.75, 3.05) is 13.2 Å². The molecule has 15 heteroatoms. The molecule has 0 unspecified atom stereocenters. The number of hydrogen-bond acceptors (Lipinski definition) is 9. The number of hydrogen-bond donors (Lipinski definition) is 3. The molecule has 1 aromatic heterocycles. The molecule has 4 amide bonds. The Balaban J connectivity index is 1.29. The second-order valence-corrected chi connectivity index (χ2v) is 20.3. The maximum absolute atomic E-state index is 15.3. The van der Waals surface area contributed by atoms with Crippen LogP contribution in [0.5, 0.6) is 11.8 Å². The van der Waals surface area contributed by atoms with Crippen LogP contribution in [-0.4, -0.2) is 99.3 Å². The molecule has 3 aliphatic heterocycles. The molecule has 14 nitrogen and oxygen atoms in total. The van der Waals surface area contributed by atoms with Gasteiger partial charge in [0.25, 0.3) is 5.91 Å². The zero-order valence-electron chi connectivity index (χ0n) is 33.9. The lowest BCUT2D eigenvalue weighted by Crippen LogP contribution is -2.62. The number of ether oxygens (including phenoxy) is 2. The number of benzene rings is 1. The van der Waals surface area contributed by atoms with Gasteiger partial charge in [0.1, 0.15) is 23.7 Å². The molecule has 2 aliphatic carbocycles. The molecule has 310 valence electrons. The molecular weight excluding hydrogens is 751 g/mol. The van der Waals surface area contributed by atoms with E-state index in [1.807, 2.05) is 43.3 Å². The number of amides is 4. The second-order valence-electron chi connectivity index (χ2n) is 18.1. The second kappa shape index (κ2) is 15.1. The van der Waals surface area contributed by atoms with Gasteiger partial charge in [-0.3, -0.25) is 24.0 Å². The van der Waals surface area contributed by atoms with E-state index in [2.05, 4.69) is 17.0 Å². The highest BCUT2D eigenvalue weighted by atomic mass is 32.2. The lowest BCUT2D eigenvalue weighted by Gasteiger charge is -2.44. The lowest BCUT2D eigenvalue weighted by molar-refractivity contribution is -0.146. The number of carbonyl (C=O) groups is 4. The highest BCUT2D eigenvalue weighted by molar-refractivity contribution is 7.91. The molecule has 57 heavy (non-hydrogen) atoms. The van der Waals surface area contributed by atoms with Gasteiger partial charge in [0.2, 0.25) is 33.6 Å². The van der Waals surface area contributed by atoms with Crippen LogP contribution in [-0.2, 0) is 30.8 Å². The minimum atomic E-state index is -4.02. The number of nitrogens with zero attached hydrogens (tertiary/aromatic N) is 3. The average molecular weight is 808 g/mol. The number of rotatable bonds is 7. The SMILES string of the molecule is CC[C@@H]1C[C@H](C)CCC=C[C@@H]2C[C@@]2(C(=O)NS(=O)(=O)C2(C)CC2)NC(=O)[C@@H]2C[C@@H](Oc3nc4c(c5ccccc35)CCCO4)CN2C(=O)[C@H]1N(C(=O)O)C(C)(C)C. The Morgan fingerprint density at radius 3 is 2.54 bits per heavy atom. The normalized spacial score (nSPS) is 30.0. The summed E-state index contributed by atoms with van der Waals surface area (Å²) in [7, 11) is -4.02. The number of nitrogens with one attached hydrogen (secondary N) is 2. The Bertz CT molecular complexity index is 2080. The van der Waals surface area contributed by atoms with Crippen molar-refractivity contribution in [3.8, 4) is 11.8 Å². The Kier molecular flexibility index (Phi) is 10.8. The van der Waals surface area contributed by atoms with Crippen LogP contribution in [0.3, 0.4) is 0 Å². The average Bonchev–Trinajstić information content (AvgIpc) is 4.03. The van der Waals surface area contributed by atoms with E-state index in [-0.39, 0.29) is 31.2 Å². The molecule has 3 fully saturated rings. The fraction of sp³-hybridized carbons (Fsp3) is 0.643. The predicted octanol–water partition coefficient (Wildman–Crippen LogP) is 5.33. The van der Waals surface area contributed by atoms with Crippen LogP contribution >= 0.6 is 0 Å². The number of fused-ring (bicyclic) bond motifs is 5. The maximum Gasteiger partial charge on any atom is 0.408 e. The van der Waals surface area contributed by atoms with E-state index in [0.29, 0.717) is 50.5 Å². The van der Waals surface area contributed by atoms with Crippen molar-refractivity contribution in [1.82, 2.24) is 24.8 Å². The smallest absolute Gasteiger partial charge is 0.408 e. The van der Waals surface area contributed by atoms with Gasteiger partial charge in [-0.25, -0.2) is 13.2 Å². The zero-order valence-corrected chi connectivity index (χ0v) is 34.7. The van der Waals surface area contributed by atoms with Crippen molar-refractivity contribution in [2.45, 2.75) is 140 Å². The molecule has 0 radical (unpaired) electrons. The number of pyridine rings is 1. The standard InChI is InChI=1S/C42H57N5O9S/c1-7-26-21-25(2)13-8-9-14-27-23-42(27,38(50)45-57(53,54)41(6)18-19-41)44-34(48)32-22-28(24-46(32)37(49)33(26)47(39(51)52)40(3,4)5)56-36-31-16-11-10-15-29(31)30-17-12-20-55-35(30)43-36/h9-11,14-16,25-28,32-33H,7-8,12-13,17-24H2,1-6H3,(H,44,48)(H,45,50)(H,51,52)/t25-,26-,27-,28-,32+,33+,42-/m1/s1. The van der Waals surface area contributed by atoms with Gasteiger partial charge < -0.3 is 24.8 Å². The summed E-state index contributed by atoms with van der Waals surface area (Å²) < 4.78 is 40.3. The first-order chi connectivity index (χ1) is 26.9. The first-order valence-electron chi connectivity index (χ1n) is 20.5. The third kappa shape index (κ3) is 7.80. The number of carboxylic acid groups (broad SMARTS) is 1. The largest absolute Gasteiger partial charge is 0.477 e. The van der Waals surface area contributed by atoms with E-state index in [9.17, 15) is 27.9 Å². The van der Waals surface area contributed by atoms with Gasteiger partial charge in [-0.05, 0) is 102 Å². The summed E-state index contributed by atoms with van der Waals surface area (Å²) in [6.07, 6.45) is 7.06. The lowest BCUT2D eigenvalue weighted by atomic mass is 9.82. The summed E-state index contributed by atoms with van der Waals surface area (Å²) in [5.41, 5.74) is -1.53. The molecule has 1 aromatic carbocycles. The van der Waals surface area contributed by atoms with Gasteiger partial charge in [0, 0.05) is 28.8 Å². The third-order valence-electron chi connectivity index (χ3n) is 12.8. The highest BCUT2D eigenvalue weighted by Gasteiger charge is 2.63. The van der Waals surface area contributed by atoms with Crippen LogP contribution in [0, 0.1) is 17.8 Å². The summed E-state index contributed by atoms with van der Waals surface area (Å²) >= 11 is 0. The van der Waals surface area contributed by atoms with Crippen LogP contribution in [0.25, 0.3) is 10.8 Å². The third-order valence-corrected chi connectivity index (χ3v) is 15.0. The summed E-state index contributed by atoms with van der Waals surface area (Å²) in [5.74, 6) is -1.92. The molecule has 5 aliphatic rings. The Morgan fingerprint density at radius 2 is 1.88 bits per heavy atom. The molecule has 4 heterocycles. The first-order valence-corrected chi connectivity index (χ1v) is 22.0. The summed E-state index contributed by atoms with van der Waals surface area (Å²) in [6.45, 7) is 11.4. The first kappa shape index (κ1) is 40.8. The highest BCUT2D eigenvalue weighted by Crippen LogP contribution is 2.48. The van der Waals surface area contributed by atoms with Crippen molar-refractivity contribution >= 4 is 44.6 Å². The molecule has 0 spiro atoms. The predicted molar refractivity (Wildman–Crippen MR) is 213 cm³/mol. The monoisotopic (exact) mass is 807 g/mol. The van der Waals surface area contributed by atoms with E-state index in [4.69, 9.17) is 14.5 Å². The molecule has 7 atom stereocenters. The Morgan fingerprint density at radius 1 is 1.16 bits per heavy atom. The van der Waals surface area contributed by atoms with E-state index in [1.165, 1.54) is 9.80 Å². The van der Waals surface area contributed by atoms with Crippen LogP contribution in [0.4, 0.5) is 4.79 Å². The van der Waals surface area contributed by atoms with Crippen LogP contribution in [0.2, 0.25) is 0 Å². The Hall–Kier alpha value is -4.40. The minimum absolute atomic E-state index is 0.0165. The van der Waals surface area contributed by atoms with Gasteiger partial charge in [-0.2, -0.15) is 4.98 Å². The van der Waals surface area contributed by atoms with Crippen molar-refractivity contribution in [3.05, 3.63) is 42.0 Å². The van der Waals surface area contributed by atoms with Crippen molar-refractivity contribution < 1.29 is 42.2 Å². The molecule has 2 saturated carbocycles. The molecular formula is C42H57N5O9S. The molecule has 7 rings (SSSR count). The fourth-order valence-corrected chi connectivity index (χ4v) is 10.4. The van der Waals surface area contributed by atoms with Crippen LogP contribution < -0.4 is 19.5 Å². The van der Waals surface area contributed by atoms with E-state index >= 15 is 4.79 Å². The number of allylic oxidation sites excluding steroid dienone is 1.